The average molecular weight is 382 g/mol. The fraction of sp³-hybridized carbons (Fsp3) is 0.632. The number of hydrogen-bond donors (Lipinski definition) is 2. The molecule has 1 amide bonds. The van der Waals surface area contributed by atoms with E-state index in [1.54, 1.807) is 25.1 Å². The molecule has 0 unspecified atom stereocenters. The number of likely N-dealkylation sites (tertiary alicyclic amines) is 1. The minimum atomic E-state index is -3.38. The predicted molar refractivity (Wildman–Crippen MR) is 106 cm³/mol. The lowest BCUT2D eigenvalue weighted by Gasteiger charge is -2.36. The van der Waals surface area contributed by atoms with Crippen LogP contribution in [0.25, 0.3) is 0 Å². The Hall–Kier alpha value is -1.60. The highest BCUT2D eigenvalue weighted by atomic mass is 32.2. The van der Waals surface area contributed by atoms with Crippen LogP contribution in [-0.2, 0) is 10.0 Å². The van der Waals surface area contributed by atoms with Gasteiger partial charge >= 0.3 is 0 Å². The highest BCUT2D eigenvalue weighted by Gasteiger charge is 2.23. The van der Waals surface area contributed by atoms with Crippen molar-refractivity contribution >= 4 is 21.6 Å². The summed E-state index contributed by atoms with van der Waals surface area (Å²) in [6, 6.07) is 5.08. The number of benzene rings is 1. The van der Waals surface area contributed by atoms with Gasteiger partial charge in [0.1, 0.15) is 0 Å². The quantitative estimate of drug-likeness (QED) is 0.793. The number of nitrogens with one attached hydrogen (secondary N) is 2. The van der Waals surface area contributed by atoms with Crippen LogP contribution in [0.15, 0.2) is 18.2 Å². The minimum Gasteiger partial charge on any atom is -0.348 e. The topological polar surface area (TPSA) is 78.5 Å². The molecule has 6 nitrogen and oxygen atoms in total. The van der Waals surface area contributed by atoms with Crippen molar-refractivity contribution < 1.29 is 13.2 Å². The molecule has 0 radical (unpaired) electrons. The number of nitrogens with zero attached hydrogens (tertiary/aromatic N) is 1. The Morgan fingerprint density at radius 2 is 1.88 bits per heavy atom. The van der Waals surface area contributed by atoms with Gasteiger partial charge in [-0.05, 0) is 49.8 Å². The van der Waals surface area contributed by atoms with Crippen molar-refractivity contribution in [2.24, 2.45) is 11.8 Å². The summed E-state index contributed by atoms with van der Waals surface area (Å²) >= 11 is 0. The molecule has 0 saturated carbocycles. The molecule has 0 aromatic heterocycles. The molecule has 26 heavy (non-hydrogen) atoms. The molecular weight excluding hydrogens is 350 g/mol. The Kier molecular flexibility index (Phi) is 6.69. The van der Waals surface area contributed by atoms with Gasteiger partial charge in [0.25, 0.3) is 5.91 Å². The zero-order valence-electron chi connectivity index (χ0n) is 16.4. The Morgan fingerprint density at radius 3 is 2.46 bits per heavy atom. The van der Waals surface area contributed by atoms with E-state index in [4.69, 9.17) is 0 Å². The van der Waals surface area contributed by atoms with Crippen LogP contribution in [0.5, 0.6) is 0 Å². The van der Waals surface area contributed by atoms with Crippen LogP contribution >= 0.6 is 0 Å². The van der Waals surface area contributed by atoms with Crippen molar-refractivity contribution in [2.45, 2.75) is 40.2 Å². The number of aryl methyl sites for hydroxylation is 1. The molecule has 0 bridgehead atoms. The number of amides is 1. The molecule has 1 aliphatic rings. The van der Waals surface area contributed by atoms with Gasteiger partial charge in [0, 0.05) is 31.2 Å². The first-order valence-electron chi connectivity index (χ1n) is 9.15. The number of carbonyl (C=O) groups excluding carboxylic acids is 1. The SMILES string of the molecule is Cc1ccc(C(=O)N[C@@H](C)CN2C[C@H](C)C[C@H](C)C2)cc1NS(C)(=O)=O. The summed E-state index contributed by atoms with van der Waals surface area (Å²) in [5, 5.41) is 3.02. The average Bonchev–Trinajstić information content (AvgIpc) is 2.46. The monoisotopic (exact) mass is 381 g/mol. The third-order valence-electron chi connectivity index (χ3n) is 4.65. The number of piperidine rings is 1. The number of carbonyl (C=O) groups is 1. The van der Waals surface area contributed by atoms with Crippen molar-refractivity contribution in [1.29, 1.82) is 0 Å². The minimum absolute atomic E-state index is 0.0209. The van der Waals surface area contributed by atoms with Crippen LogP contribution in [0.3, 0.4) is 0 Å². The summed E-state index contributed by atoms with van der Waals surface area (Å²) in [6.07, 6.45) is 2.36. The van der Waals surface area contributed by atoms with Gasteiger partial charge in [-0.25, -0.2) is 8.42 Å². The normalized spacial score (nSPS) is 22.7. The Morgan fingerprint density at radius 1 is 1.27 bits per heavy atom. The van der Waals surface area contributed by atoms with Crippen molar-refractivity contribution in [1.82, 2.24) is 10.2 Å². The van der Waals surface area contributed by atoms with Gasteiger partial charge in [0.15, 0.2) is 0 Å². The van der Waals surface area contributed by atoms with E-state index < -0.39 is 10.0 Å². The zero-order valence-corrected chi connectivity index (χ0v) is 17.2. The maximum Gasteiger partial charge on any atom is 0.251 e. The molecule has 1 saturated heterocycles. The van der Waals surface area contributed by atoms with Gasteiger partial charge in [-0.1, -0.05) is 19.9 Å². The number of hydrogen-bond acceptors (Lipinski definition) is 4. The predicted octanol–water partition coefficient (Wildman–Crippen LogP) is 2.46. The van der Waals surface area contributed by atoms with Crippen molar-refractivity contribution in [3.63, 3.8) is 0 Å². The van der Waals surface area contributed by atoms with Gasteiger partial charge in [-0.15, -0.1) is 0 Å². The first-order chi connectivity index (χ1) is 12.0. The van der Waals surface area contributed by atoms with Gasteiger partial charge in [0.2, 0.25) is 10.0 Å². The standard InChI is InChI=1S/C19H31N3O3S/c1-13-8-14(2)11-22(10-13)12-16(4)20-19(23)17-7-6-15(3)18(9-17)21-26(5,24)25/h6-7,9,13-14,16,21H,8,10-12H2,1-5H3,(H,20,23)/t13-,14+,16-/m0/s1. The summed E-state index contributed by atoms with van der Waals surface area (Å²) in [5.74, 6) is 1.18. The van der Waals surface area contributed by atoms with Gasteiger partial charge < -0.3 is 10.2 Å². The lowest BCUT2D eigenvalue weighted by Crippen LogP contribution is -2.47. The molecule has 3 atom stereocenters. The summed E-state index contributed by atoms with van der Waals surface area (Å²) in [7, 11) is -3.38. The molecule has 2 N–H and O–H groups in total. The van der Waals surface area contributed by atoms with Crippen LogP contribution in [0, 0.1) is 18.8 Å². The van der Waals surface area contributed by atoms with Gasteiger partial charge in [-0.2, -0.15) is 0 Å². The molecule has 1 fully saturated rings. The summed E-state index contributed by atoms with van der Waals surface area (Å²) in [6.45, 7) is 11.3. The second kappa shape index (κ2) is 8.39. The number of sulfonamides is 1. The summed E-state index contributed by atoms with van der Waals surface area (Å²) < 4.78 is 25.4. The fourth-order valence-electron chi connectivity index (χ4n) is 3.75. The second-order valence-electron chi connectivity index (χ2n) is 7.94. The highest BCUT2D eigenvalue weighted by molar-refractivity contribution is 7.92. The van der Waals surface area contributed by atoms with E-state index in [9.17, 15) is 13.2 Å². The molecular formula is C19H31N3O3S. The van der Waals surface area contributed by atoms with Crippen molar-refractivity contribution in [3.8, 4) is 0 Å². The molecule has 1 aromatic carbocycles. The van der Waals surface area contributed by atoms with Crippen LogP contribution in [-0.4, -0.2) is 51.2 Å². The zero-order chi connectivity index (χ0) is 19.5. The Balaban J connectivity index is 1.99. The van der Waals surface area contributed by atoms with Crippen LogP contribution < -0.4 is 10.0 Å². The van der Waals surface area contributed by atoms with Gasteiger partial charge in [-0.3, -0.25) is 9.52 Å². The van der Waals surface area contributed by atoms with E-state index >= 15 is 0 Å². The van der Waals surface area contributed by atoms with Crippen LogP contribution in [0.4, 0.5) is 5.69 Å². The fourth-order valence-corrected chi connectivity index (χ4v) is 4.37. The molecule has 1 heterocycles. The third kappa shape index (κ3) is 6.29. The van der Waals surface area contributed by atoms with E-state index in [-0.39, 0.29) is 11.9 Å². The lowest BCUT2D eigenvalue weighted by atomic mass is 9.92. The highest BCUT2D eigenvalue weighted by Crippen LogP contribution is 2.21. The van der Waals surface area contributed by atoms with Gasteiger partial charge in [0.05, 0.1) is 11.9 Å². The molecule has 2 rings (SSSR count). The maximum absolute atomic E-state index is 12.5. The lowest BCUT2D eigenvalue weighted by molar-refractivity contribution is 0.0905. The smallest absolute Gasteiger partial charge is 0.251 e. The summed E-state index contributed by atoms with van der Waals surface area (Å²) in [4.78, 5) is 15.0. The molecule has 7 heteroatoms. The van der Waals surface area contributed by atoms with Crippen molar-refractivity contribution in [2.75, 3.05) is 30.6 Å². The Labute approximate surface area is 157 Å². The molecule has 0 aliphatic carbocycles. The molecule has 1 aliphatic heterocycles. The van der Waals surface area contributed by atoms with E-state index in [2.05, 4.69) is 28.8 Å². The third-order valence-corrected chi connectivity index (χ3v) is 5.24. The van der Waals surface area contributed by atoms with E-state index in [0.29, 0.717) is 23.1 Å². The number of rotatable bonds is 6. The summed E-state index contributed by atoms with van der Waals surface area (Å²) in [5.41, 5.74) is 1.66. The van der Waals surface area contributed by atoms with E-state index in [1.165, 1.54) is 6.42 Å². The molecule has 146 valence electrons. The van der Waals surface area contributed by atoms with Crippen LogP contribution in [0.2, 0.25) is 0 Å². The first-order valence-corrected chi connectivity index (χ1v) is 11.0. The first kappa shape index (κ1) is 20.7. The van der Waals surface area contributed by atoms with E-state index in [1.807, 2.05) is 6.92 Å². The number of anilines is 1. The largest absolute Gasteiger partial charge is 0.348 e. The molecule has 0 spiro atoms. The second-order valence-corrected chi connectivity index (χ2v) is 9.69. The van der Waals surface area contributed by atoms with E-state index in [0.717, 1.165) is 31.5 Å². The molecule has 1 aromatic rings. The maximum atomic E-state index is 12.5. The van der Waals surface area contributed by atoms with Crippen molar-refractivity contribution in [3.05, 3.63) is 29.3 Å². The Bertz CT molecular complexity index is 738. The van der Waals surface area contributed by atoms with Crippen LogP contribution in [0.1, 0.15) is 43.1 Å².